The fourth-order valence-corrected chi connectivity index (χ4v) is 8.55. The first-order chi connectivity index (χ1) is 21.1. The lowest BCUT2D eigenvalue weighted by Gasteiger charge is -2.08. The van der Waals surface area contributed by atoms with Gasteiger partial charge in [0.25, 0.3) is 20.0 Å². The van der Waals surface area contributed by atoms with E-state index in [0.717, 1.165) is 17.2 Å². The summed E-state index contributed by atoms with van der Waals surface area (Å²) in [5.41, 5.74) is 0.544. The van der Waals surface area contributed by atoms with Gasteiger partial charge in [-0.1, -0.05) is 67.0 Å². The van der Waals surface area contributed by atoms with Crippen LogP contribution in [0.1, 0.15) is 20.3 Å². The van der Waals surface area contributed by atoms with E-state index >= 15 is 0 Å². The van der Waals surface area contributed by atoms with Crippen molar-refractivity contribution in [1.29, 1.82) is 0 Å². The molecule has 236 valence electrons. The third-order valence-electron chi connectivity index (χ3n) is 6.27. The molecule has 1 aliphatic heterocycles. The van der Waals surface area contributed by atoms with Crippen molar-refractivity contribution in [3.63, 3.8) is 0 Å². The molecule has 0 saturated carbocycles. The highest BCUT2D eigenvalue weighted by molar-refractivity contribution is 14.1. The van der Waals surface area contributed by atoms with Gasteiger partial charge in [0.2, 0.25) is 0 Å². The minimum absolute atomic E-state index is 0. The molecule has 0 aliphatic carbocycles. The minimum atomic E-state index is -3.71. The quantitative estimate of drug-likeness (QED) is 0.141. The second-order valence-corrected chi connectivity index (χ2v) is 14.5. The Hall–Kier alpha value is -3.15. The van der Waals surface area contributed by atoms with Gasteiger partial charge in [-0.05, 0) is 71.8 Å². The Morgan fingerprint density at radius 1 is 0.689 bits per heavy atom. The summed E-state index contributed by atoms with van der Waals surface area (Å²) in [7, 11) is -7.38. The molecule has 1 saturated heterocycles. The van der Waals surface area contributed by atoms with E-state index in [1.54, 1.807) is 60.7 Å². The molecule has 6 aromatic rings. The molecule has 0 spiro atoms. The number of rotatable bonds is 4. The topological polar surface area (TPSA) is 139 Å². The second kappa shape index (κ2) is 15.0. The van der Waals surface area contributed by atoms with Crippen molar-refractivity contribution in [2.75, 3.05) is 13.2 Å². The number of aromatic nitrogens is 6. The molecule has 45 heavy (non-hydrogen) atoms. The molecule has 0 N–H and O–H groups in total. The molecular weight excluding hydrogens is 774 g/mol. The monoisotopic (exact) mass is 800 g/mol. The summed E-state index contributed by atoms with van der Waals surface area (Å²) in [4.78, 5) is 16.1. The van der Waals surface area contributed by atoms with Crippen LogP contribution in [0.5, 0.6) is 0 Å². The Morgan fingerprint density at radius 2 is 1.20 bits per heavy atom. The molecular formula is C29H27Cl2IN6O5S2. The molecule has 0 amide bonds. The highest BCUT2D eigenvalue weighted by Gasteiger charge is 2.24. The van der Waals surface area contributed by atoms with Gasteiger partial charge in [-0.15, -0.1) is 0 Å². The van der Waals surface area contributed by atoms with Crippen molar-refractivity contribution in [1.82, 2.24) is 27.9 Å². The maximum absolute atomic E-state index is 12.7. The van der Waals surface area contributed by atoms with Crippen molar-refractivity contribution in [3.05, 3.63) is 106 Å². The van der Waals surface area contributed by atoms with E-state index in [1.165, 1.54) is 47.8 Å². The molecule has 0 radical (unpaired) electrons. The van der Waals surface area contributed by atoms with Gasteiger partial charge < -0.3 is 4.74 Å². The van der Waals surface area contributed by atoms with E-state index < -0.39 is 20.0 Å². The maximum atomic E-state index is 12.7. The highest BCUT2D eigenvalue weighted by Crippen LogP contribution is 2.28. The van der Waals surface area contributed by atoms with Crippen molar-refractivity contribution in [2.45, 2.75) is 30.1 Å². The second-order valence-electron chi connectivity index (χ2n) is 9.10. The Balaban J connectivity index is 0.000000174. The Bertz CT molecular complexity index is 2120. The summed E-state index contributed by atoms with van der Waals surface area (Å²) in [5, 5.41) is 1.48. The van der Waals surface area contributed by atoms with Crippen LogP contribution in [-0.4, -0.2) is 57.9 Å². The summed E-state index contributed by atoms with van der Waals surface area (Å²) in [5.74, 6) is 0. The van der Waals surface area contributed by atoms with Crippen molar-refractivity contribution in [2.24, 2.45) is 0 Å². The molecule has 4 aromatic heterocycles. The van der Waals surface area contributed by atoms with Crippen LogP contribution in [0.3, 0.4) is 0 Å². The summed E-state index contributed by atoms with van der Waals surface area (Å²) in [6.07, 6.45) is 6.47. The Labute approximate surface area is 284 Å². The number of fused-ring (bicyclic) bond motifs is 2. The molecule has 1 aliphatic rings. The van der Waals surface area contributed by atoms with Gasteiger partial charge in [-0.3, -0.25) is 0 Å². The predicted octanol–water partition coefficient (Wildman–Crippen LogP) is 6.68. The minimum Gasteiger partial charge on any atom is -0.381 e. The molecule has 0 bridgehead atoms. The molecule has 16 heteroatoms. The van der Waals surface area contributed by atoms with Crippen molar-refractivity contribution in [3.8, 4) is 0 Å². The third-order valence-corrected chi connectivity index (χ3v) is 11.4. The van der Waals surface area contributed by atoms with Gasteiger partial charge in [-0.2, -0.15) is 0 Å². The first-order valence-corrected chi connectivity index (χ1v) is 17.7. The average molecular weight is 802 g/mol. The number of hydrogen-bond donors (Lipinski definition) is 0. The molecule has 5 heterocycles. The van der Waals surface area contributed by atoms with Gasteiger partial charge in [0.1, 0.15) is 23.0 Å². The fourth-order valence-electron chi connectivity index (χ4n) is 4.16. The van der Waals surface area contributed by atoms with Crippen LogP contribution in [0, 0.1) is 3.70 Å². The summed E-state index contributed by atoms with van der Waals surface area (Å²) < 4.78 is 58.1. The largest absolute Gasteiger partial charge is 0.381 e. The zero-order valence-electron chi connectivity index (χ0n) is 22.7. The number of ether oxygens (including phenoxy) is 1. The highest BCUT2D eigenvalue weighted by atomic mass is 127. The first-order valence-electron chi connectivity index (χ1n) is 13.0. The van der Waals surface area contributed by atoms with Crippen LogP contribution in [0.25, 0.3) is 22.1 Å². The van der Waals surface area contributed by atoms with Crippen LogP contribution in [0.15, 0.2) is 101 Å². The van der Waals surface area contributed by atoms with Gasteiger partial charge >= 0.3 is 0 Å². The van der Waals surface area contributed by atoms with E-state index in [4.69, 9.17) is 27.9 Å². The Kier molecular flexibility index (Phi) is 11.5. The van der Waals surface area contributed by atoms with E-state index in [1.807, 2.05) is 22.6 Å². The third kappa shape index (κ3) is 7.47. The Morgan fingerprint density at radius 3 is 1.73 bits per heavy atom. The van der Waals surface area contributed by atoms with E-state index in [0.29, 0.717) is 14.5 Å². The fraction of sp³-hybridized carbons (Fsp3) is 0.172. The first kappa shape index (κ1) is 34.7. The van der Waals surface area contributed by atoms with E-state index in [-0.39, 0.29) is 38.8 Å². The lowest BCUT2D eigenvalue weighted by molar-refractivity contribution is 0.198. The molecule has 7 rings (SSSR count). The zero-order chi connectivity index (χ0) is 31.3. The molecule has 1 fully saturated rings. The van der Waals surface area contributed by atoms with Crippen molar-refractivity contribution < 1.29 is 21.6 Å². The van der Waals surface area contributed by atoms with Gasteiger partial charge in [0.05, 0.1) is 24.3 Å². The van der Waals surface area contributed by atoms with Crippen LogP contribution in [-0.2, 0) is 24.8 Å². The van der Waals surface area contributed by atoms with Gasteiger partial charge in [0.15, 0.2) is 11.3 Å². The smallest absolute Gasteiger partial charge is 0.270 e. The maximum Gasteiger partial charge on any atom is 0.270 e. The molecule has 0 unspecified atom stereocenters. The number of nitrogens with zero attached hydrogens (tertiary/aromatic N) is 6. The average Bonchev–Trinajstić information content (AvgIpc) is 3.81. The summed E-state index contributed by atoms with van der Waals surface area (Å²) in [6.45, 7) is 2.00. The summed E-state index contributed by atoms with van der Waals surface area (Å²) >= 11 is 13.8. The number of hydrogen-bond acceptors (Lipinski definition) is 9. The zero-order valence-corrected chi connectivity index (χ0v) is 28.0. The van der Waals surface area contributed by atoms with Crippen LogP contribution in [0.2, 0.25) is 10.3 Å². The lowest BCUT2D eigenvalue weighted by atomic mass is 10.4. The predicted molar refractivity (Wildman–Crippen MR) is 183 cm³/mol. The van der Waals surface area contributed by atoms with E-state index in [2.05, 4.69) is 19.9 Å². The number of benzene rings is 2. The number of halogens is 3. The summed E-state index contributed by atoms with van der Waals surface area (Å²) in [6, 6.07) is 19.6. The SMILES string of the molecule is C.C1CCOC1.O=S(=O)(c1ccccc1)n1c(I)cc2c(Cl)ncnc21.O=S(=O)(c1ccccc1)n1ccc2c(Cl)ncnc21. The lowest BCUT2D eigenvalue weighted by Crippen LogP contribution is -2.14. The van der Waals surface area contributed by atoms with Crippen LogP contribution >= 0.6 is 45.8 Å². The molecule has 0 atom stereocenters. The van der Waals surface area contributed by atoms with E-state index in [9.17, 15) is 16.8 Å². The molecule has 2 aromatic carbocycles. The standard InChI is InChI=1S/C12H7ClIN3O2S.C12H8ClN3O2S.C4H8O.CH4/c13-11-9-6-10(14)17(12(9)16-7-15-11)20(18,19)8-4-2-1-3-5-8;13-11-10-6-7-16(12(10)15-8-14-11)19(17,18)9-4-2-1-3-5-9;1-2-4-5-3-1;/h1-7H;1-8H;1-4H2;1H4. The van der Waals surface area contributed by atoms with Gasteiger partial charge in [-0.25, -0.2) is 44.7 Å². The van der Waals surface area contributed by atoms with Crippen molar-refractivity contribution >= 4 is 87.9 Å². The van der Waals surface area contributed by atoms with Crippen LogP contribution < -0.4 is 0 Å². The van der Waals surface area contributed by atoms with Crippen LogP contribution in [0.4, 0.5) is 0 Å². The van der Waals surface area contributed by atoms with Gasteiger partial charge in [0, 0.05) is 19.4 Å². The normalized spacial score (nSPS) is 13.0. The molecule has 11 nitrogen and oxygen atoms in total.